The van der Waals surface area contributed by atoms with E-state index in [0.29, 0.717) is 17.9 Å². The lowest BCUT2D eigenvalue weighted by Crippen LogP contribution is -2.41. The minimum Gasteiger partial charge on any atom is -0.492 e. The standard InChI is InChI=1S/C21H25NO2/c1-20(2,3)18-12-14(10-11-22-18)21(4,5)16-13-24-17-9-7-6-8-15(17)19(16)23/h6-12,16H,13H2,1-5H3. The number of nitrogens with zero attached hydrogens (tertiary/aromatic N) is 1. The van der Waals surface area contributed by atoms with E-state index in [1.54, 1.807) is 0 Å². The summed E-state index contributed by atoms with van der Waals surface area (Å²) in [4.78, 5) is 17.5. The summed E-state index contributed by atoms with van der Waals surface area (Å²) in [5.74, 6) is 0.651. The van der Waals surface area contributed by atoms with Gasteiger partial charge in [-0.1, -0.05) is 46.8 Å². The van der Waals surface area contributed by atoms with Crippen LogP contribution >= 0.6 is 0 Å². The summed E-state index contributed by atoms with van der Waals surface area (Å²) in [5.41, 5.74) is 2.51. The molecule has 2 heterocycles. The van der Waals surface area contributed by atoms with E-state index in [-0.39, 0.29) is 22.5 Å². The molecule has 3 nitrogen and oxygen atoms in total. The Bertz CT molecular complexity index is 771. The van der Waals surface area contributed by atoms with E-state index in [4.69, 9.17) is 4.74 Å². The van der Waals surface area contributed by atoms with Crippen molar-refractivity contribution in [2.45, 2.75) is 45.4 Å². The van der Waals surface area contributed by atoms with Gasteiger partial charge in [-0.15, -0.1) is 0 Å². The van der Waals surface area contributed by atoms with Crippen LogP contribution in [0.25, 0.3) is 0 Å². The van der Waals surface area contributed by atoms with Gasteiger partial charge in [0.25, 0.3) is 0 Å². The van der Waals surface area contributed by atoms with Gasteiger partial charge in [0, 0.05) is 22.7 Å². The largest absolute Gasteiger partial charge is 0.492 e. The number of pyridine rings is 1. The number of fused-ring (bicyclic) bond motifs is 1. The van der Waals surface area contributed by atoms with E-state index in [9.17, 15) is 4.79 Å². The highest BCUT2D eigenvalue weighted by Crippen LogP contribution is 2.39. The Kier molecular flexibility index (Phi) is 3.98. The molecule has 1 aliphatic rings. The third-order valence-corrected chi connectivity index (χ3v) is 5.02. The molecule has 2 aromatic rings. The molecule has 0 aliphatic carbocycles. The van der Waals surface area contributed by atoms with Crippen LogP contribution in [0.5, 0.6) is 5.75 Å². The average molecular weight is 323 g/mol. The first-order valence-electron chi connectivity index (χ1n) is 8.44. The van der Waals surface area contributed by atoms with Gasteiger partial charge >= 0.3 is 0 Å². The van der Waals surface area contributed by atoms with Gasteiger partial charge < -0.3 is 4.74 Å². The van der Waals surface area contributed by atoms with Crippen LogP contribution < -0.4 is 4.74 Å². The summed E-state index contributed by atoms with van der Waals surface area (Å²) in [7, 11) is 0. The predicted octanol–water partition coefficient (Wildman–Crippen LogP) is 4.55. The summed E-state index contributed by atoms with van der Waals surface area (Å²) >= 11 is 0. The van der Waals surface area contributed by atoms with E-state index in [0.717, 1.165) is 11.3 Å². The lowest BCUT2D eigenvalue weighted by Gasteiger charge is -2.37. The van der Waals surface area contributed by atoms with Gasteiger partial charge in [-0.2, -0.15) is 0 Å². The summed E-state index contributed by atoms with van der Waals surface area (Å²) in [5, 5.41) is 0. The van der Waals surface area contributed by atoms with Crippen molar-refractivity contribution in [3.63, 3.8) is 0 Å². The maximum absolute atomic E-state index is 13.0. The second kappa shape index (κ2) is 5.73. The molecule has 1 aromatic carbocycles. The number of ketones is 1. The highest BCUT2D eigenvalue weighted by atomic mass is 16.5. The summed E-state index contributed by atoms with van der Waals surface area (Å²) in [6, 6.07) is 11.7. The fourth-order valence-corrected chi connectivity index (χ4v) is 3.21. The van der Waals surface area contributed by atoms with E-state index < -0.39 is 0 Å². The van der Waals surface area contributed by atoms with Crippen LogP contribution in [-0.2, 0) is 10.8 Å². The molecule has 0 spiro atoms. The molecule has 0 radical (unpaired) electrons. The van der Waals surface area contributed by atoms with E-state index in [1.165, 1.54) is 0 Å². The third kappa shape index (κ3) is 2.83. The number of hydrogen-bond acceptors (Lipinski definition) is 3. The zero-order valence-electron chi connectivity index (χ0n) is 15.1. The molecule has 0 amide bonds. The van der Waals surface area contributed by atoms with Crippen LogP contribution in [0.3, 0.4) is 0 Å². The molecular formula is C21H25NO2. The average Bonchev–Trinajstić information content (AvgIpc) is 2.54. The molecule has 0 N–H and O–H groups in total. The van der Waals surface area contributed by atoms with Crippen molar-refractivity contribution in [1.29, 1.82) is 0 Å². The predicted molar refractivity (Wildman–Crippen MR) is 95.7 cm³/mol. The van der Waals surface area contributed by atoms with Crippen molar-refractivity contribution >= 4 is 5.78 Å². The zero-order chi connectivity index (χ0) is 17.5. The van der Waals surface area contributed by atoms with Gasteiger partial charge in [-0.25, -0.2) is 0 Å². The first-order valence-corrected chi connectivity index (χ1v) is 8.44. The van der Waals surface area contributed by atoms with Gasteiger partial charge in [0.15, 0.2) is 5.78 Å². The minimum atomic E-state index is -0.326. The normalized spacial score (nSPS) is 18.0. The van der Waals surface area contributed by atoms with Crippen LogP contribution in [0, 0.1) is 5.92 Å². The van der Waals surface area contributed by atoms with Crippen LogP contribution in [0.1, 0.15) is 56.2 Å². The SMILES string of the molecule is CC(C)(C)c1cc(C(C)(C)C2COc3ccccc3C2=O)ccn1. The molecule has 0 saturated heterocycles. The number of para-hydroxylation sites is 1. The van der Waals surface area contributed by atoms with Crippen LogP contribution in [0.2, 0.25) is 0 Å². The number of rotatable bonds is 2. The number of benzene rings is 1. The highest BCUT2D eigenvalue weighted by Gasteiger charge is 2.41. The van der Waals surface area contributed by atoms with E-state index in [2.05, 4.69) is 45.7 Å². The fourth-order valence-electron chi connectivity index (χ4n) is 3.21. The molecule has 1 aliphatic heterocycles. The quantitative estimate of drug-likeness (QED) is 0.814. The number of ether oxygens (including phenoxy) is 1. The Hall–Kier alpha value is -2.16. The maximum Gasteiger partial charge on any atom is 0.173 e. The minimum absolute atomic E-state index is 0.0221. The lowest BCUT2D eigenvalue weighted by molar-refractivity contribution is 0.0737. The second-order valence-corrected chi connectivity index (χ2v) is 8.13. The monoisotopic (exact) mass is 323 g/mol. The molecule has 1 unspecified atom stereocenters. The smallest absolute Gasteiger partial charge is 0.173 e. The first kappa shape index (κ1) is 16.7. The Labute approximate surface area is 144 Å². The third-order valence-electron chi connectivity index (χ3n) is 5.02. The second-order valence-electron chi connectivity index (χ2n) is 8.13. The Morgan fingerprint density at radius 1 is 1.08 bits per heavy atom. The van der Waals surface area contributed by atoms with Gasteiger partial charge in [-0.05, 0) is 29.8 Å². The molecule has 3 rings (SSSR count). The van der Waals surface area contributed by atoms with Crippen molar-refractivity contribution in [1.82, 2.24) is 4.98 Å². The highest BCUT2D eigenvalue weighted by molar-refractivity contribution is 6.02. The molecule has 0 bridgehead atoms. The molecule has 0 saturated carbocycles. The van der Waals surface area contributed by atoms with E-state index >= 15 is 0 Å². The van der Waals surface area contributed by atoms with Gasteiger partial charge in [0.05, 0.1) is 18.1 Å². The summed E-state index contributed by atoms with van der Waals surface area (Å²) < 4.78 is 5.88. The molecule has 24 heavy (non-hydrogen) atoms. The number of aromatic nitrogens is 1. The number of carbonyl (C=O) groups excluding carboxylic acids is 1. The number of carbonyl (C=O) groups is 1. The van der Waals surface area contributed by atoms with Crippen molar-refractivity contribution in [3.8, 4) is 5.75 Å². The van der Waals surface area contributed by atoms with Gasteiger partial charge in [-0.3, -0.25) is 9.78 Å². The van der Waals surface area contributed by atoms with Gasteiger partial charge in [0.2, 0.25) is 0 Å². The van der Waals surface area contributed by atoms with Crippen molar-refractivity contribution in [3.05, 3.63) is 59.4 Å². The van der Waals surface area contributed by atoms with Crippen LogP contribution in [0.15, 0.2) is 42.6 Å². The Balaban J connectivity index is 1.99. The van der Waals surface area contributed by atoms with Crippen molar-refractivity contribution in [2.24, 2.45) is 5.92 Å². The maximum atomic E-state index is 13.0. The molecule has 1 atom stereocenters. The van der Waals surface area contributed by atoms with Crippen LogP contribution in [-0.4, -0.2) is 17.4 Å². The zero-order valence-corrected chi connectivity index (χ0v) is 15.1. The van der Waals surface area contributed by atoms with E-state index in [1.807, 2.05) is 36.5 Å². The molecule has 0 fully saturated rings. The summed E-state index contributed by atoms with van der Waals surface area (Å²) in [6.07, 6.45) is 1.85. The number of Topliss-reactive ketones (excluding diaryl/α,β-unsaturated/α-hetero) is 1. The van der Waals surface area contributed by atoms with Crippen molar-refractivity contribution < 1.29 is 9.53 Å². The number of hydrogen-bond donors (Lipinski definition) is 0. The summed E-state index contributed by atoms with van der Waals surface area (Å²) in [6.45, 7) is 11.1. The molecule has 1 aromatic heterocycles. The van der Waals surface area contributed by atoms with Crippen LogP contribution in [0.4, 0.5) is 0 Å². The molecular weight excluding hydrogens is 298 g/mol. The molecule has 3 heteroatoms. The topological polar surface area (TPSA) is 39.2 Å². The first-order chi connectivity index (χ1) is 11.2. The van der Waals surface area contributed by atoms with Crippen molar-refractivity contribution in [2.75, 3.05) is 6.61 Å². The Morgan fingerprint density at radius 2 is 1.79 bits per heavy atom. The Morgan fingerprint density at radius 3 is 2.50 bits per heavy atom. The fraction of sp³-hybridized carbons (Fsp3) is 0.429. The lowest BCUT2D eigenvalue weighted by atomic mass is 9.69. The van der Waals surface area contributed by atoms with Gasteiger partial charge in [0.1, 0.15) is 5.75 Å². The molecule has 126 valence electrons.